The van der Waals surface area contributed by atoms with E-state index in [2.05, 4.69) is 5.32 Å². The molecule has 0 aromatic heterocycles. The molecule has 136 valence electrons. The maximum absolute atomic E-state index is 12.5. The summed E-state index contributed by atoms with van der Waals surface area (Å²) in [5.74, 6) is -0.231. The number of hydrogen-bond donors (Lipinski definition) is 1. The smallest absolute Gasteiger partial charge is 0.356 e. The summed E-state index contributed by atoms with van der Waals surface area (Å²) in [6.07, 6.45) is 1.84. The van der Waals surface area contributed by atoms with Gasteiger partial charge in [0.1, 0.15) is 11.4 Å². The van der Waals surface area contributed by atoms with Crippen LogP contribution in [0.3, 0.4) is 0 Å². The van der Waals surface area contributed by atoms with Gasteiger partial charge in [-0.15, -0.1) is 11.8 Å². The zero-order chi connectivity index (χ0) is 18.9. The van der Waals surface area contributed by atoms with E-state index >= 15 is 0 Å². The Labute approximate surface area is 157 Å². The highest BCUT2D eigenvalue weighted by Crippen LogP contribution is 2.30. The molecule has 2 rings (SSSR count). The minimum atomic E-state index is -0.572. The second kappa shape index (κ2) is 9.68. The van der Waals surface area contributed by atoms with Gasteiger partial charge in [-0.05, 0) is 43.0 Å². The first-order valence-electron chi connectivity index (χ1n) is 8.06. The molecule has 0 aliphatic carbocycles. The van der Waals surface area contributed by atoms with E-state index in [1.807, 2.05) is 24.5 Å². The fraction of sp³-hybridized carbons (Fsp3) is 0.200. The van der Waals surface area contributed by atoms with Crippen LogP contribution in [-0.2, 0) is 9.53 Å². The molecule has 1 N–H and O–H groups in total. The van der Waals surface area contributed by atoms with Crippen LogP contribution in [0.15, 0.2) is 60.3 Å². The molecule has 1 amide bonds. The molecule has 0 atom stereocenters. The van der Waals surface area contributed by atoms with Gasteiger partial charge in [-0.2, -0.15) is 0 Å². The average molecular weight is 371 g/mol. The molecular formula is C20H21NO4S. The Morgan fingerprint density at radius 1 is 1.00 bits per heavy atom. The number of esters is 1. The lowest BCUT2D eigenvalue weighted by Crippen LogP contribution is -2.29. The highest BCUT2D eigenvalue weighted by molar-refractivity contribution is 8.07. The van der Waals surface area contributed by atoms with Crippen LogP contribution in [-0.4, -0.2) is 31.8 Å². The Balaban J connectivity index is 2.43. The van der Waals surface area contributed by atoms with Crippen LogP contribution in [0.25, 0.3) is 4.91 Å². The Kier molecular flexibility index (Phi) is 7.29. The molecule has 0 radical (unpaired) electrons. The Hall–Kier alpha value is -2.73. The first kappa shape index (κ1) is 19.6. The Morgan fingerprint density at radius 2 is 1.65 bits per heavy atom. The van der Waals surface area contributed by atoms with E-state index in [4.69, 9.17) is 9.47 Å². The van der Waals surface area contributed by atoms with Gasteiger partial charge >= 0.3 is 5.97 Å². The minimum absolute atomic E-state index is 0.123. The van der Waals surface area contributed by atoms with Crippen LogP contribution in [0.2, 0.25) is 0 Å². The van der Waals surface area contributed by atoms with Gasteiger partial charge in [0.25, 0.3) is 5.91 Å². The monoisotopic (exact) mass is 371 g/mol. The highest BCUT2D eigenvalue weighted by atomic mass is 32.2. The summed E-state index contributed by atoms with van der Waals surface area (Å²) in [5.41, 5.74) is 1.37. The number of carbonyl (C=O) groups is 2. The molecule has 0 aliphatic rings. The summed E-state index contributed by atoms with van der Waals surface area (Å²) in [6.45, 7) is 1.94. The number of nitrogens with one attached hydrogen (secondary N) is 1. The molecule has 26 heavy (non-hydrogen) atoms. The number of methoxy groups -OCH3 is 1. The van der Waals surface area contributed by atoms with Crippen molar-refractivity contribution >= 4 is 28.5 Å². The number of ether oxygens (including phenoxy) is 2. The largest absolute Gasteiger partial charge is 0.497 e. The van der Waals surface area contributed by atoms with E-state index in [-0.39, 0.29) is 18.2 Å². The van der Waals surface area contributed by atoms with Gasteiger partial charge in [0.2, 0.25) is 0 Å². The lowest BCUT2D eigenvalue weighted by molar-refractivity contribution is -0.138. The average Bonchev–Trinajstić information content (AvgIpc) is 2.69. The van der Waals surface area contributed by atoms with Gasteiger partial charge in [0.15, 0.2) is 0 Å². The standard InChI is InChI=1S/C20H21NO4S/c1-4-25-20(23)17(21-19(22)15-8-6-5-7-9-15)18(26-3)14-10-12-16(24-2)13-11-14/h5-13H,4H2,1-3H3,(H,21,22)/b18-17-. The van der Waals surface area contributed by atoms with Crippen LogP contribution in [0.5, 0.6) is 5.75 Å². The zero-order valence-electron chi connectivity index (χ0n) is 14.9. The SMILES string of the molecule is CCOC(=O)/C(NC(=O)c1ccccc1)=C(/SC)c1ccc(OC)cc1. The van der Waals surface area contributed by atoms with Crippen molar-refractivity contribution in [1.82, 2.24) is 5.32 Å². The molecule has 0 unspecified atom stereocenters. The van der Waals surface area contributed by atoms with Gasteiger partial charge < -0.3 is 14.8 Å². The second-order valence-electron chi connectivity index (χ2n) is 5.18. The second-order valence-corrected chi connectivity index (χ2v) is 5.99. The molecule has 0 heterocycles. The van der Waals surface area contributed by atoms with E-state index < -0.39 is 5.97 Å². The normalized spacial score (nSPS) is 11.3. The van der Waals surface area contributed by atoms with Crippen molar-refractivity contribution in [3.8, 4) is 5.75 Å². The lowest BCUT2D eigenvalue weighted by atomic mass is 10.1. The quantitative estimate of drug-likeness (QED) is 0.594. The van der Waals surface area contributed by atoms with Gasteiger partial charge in [0.05, 0.1) is 13.7 Å². The molecule has 0 saturated carbocycles. The van der Waals surface area contributed by atoms with E-state index in [1.165, 1.54) is 11.8 Å². The van der Waals surface area contributed by atoms with Crippen molar-refractivity contribution < 1.29 is 19.1 Å². The first-order chi connectivity index (χ1) is 12.6. The predicted octanol–water partition coefficient (Wildman–Crippen LogP) is 3.72. The Morgan fingerprint density at radius 3 is 2.19 bits per heavy atom. The number of hydrogen-bond acceptors (Lipinski definition) is 5. The number of carbonyl (C=O) groups excluding carboxylic acids is 2. The topological polar surface area (TPSA) is 64.6 Å². The van der Waals surface area contributed by atoms with Gasteiger partial charge in [-0.25, -0.2) is 4.79 Å². The van der Waals surface area contributed by atoms with Gasteiger partial charge in [-0.3, -0.25) is 4.79 Å². The molecular weight excluding hydrogens is 350 g/mol. The third kappa shape index (κ3) is 4.89. The van der Waals surface area contributed by atoms with Crippen LogP contribution in [0, 0.1) is 0 Å². The van der Waals surface area contributed by atoms with Gasteiger partial charge in [0, 0.05) is 10.5 Å². The number of rotatable bonds is 7. The van der Waals surface area contributed by atoms with Crippen molar-refractivity contribution in [2.45, 2.75) is 6.92 Å². The summed E-state index contributed by atoms with van der Waals surface area (Å²) in [7, 11) is 1.59. The van der Waals surface area contributed by atoms with E-state index in [9.17, 15) is 9.59 Å². The van der Waals surface area contributed by atoms with E-state index in [0.717, 1.165) is 5.56 Å². The molecule has 2 aromatic rings. The summed E-state index contributed by atoms with van der Waals surface area (Å²) in [5, 5.41) is 2.71. The molecule has 0 aliphatic heterocycles. The first-order valence-corrected chi connectivity index (χ1v) is 9.29. The molecule has 2 aromatic carbocycles. The number of benzene rings is 2. The minimum Gasteiger partial charge on any atom is -0.497 e. The predicted molar refractivity (Wildman–Crippen MR) is 104 cm³/mol. The maximum Gasteiger partial charge on any atom is 0.356 e. The van der Waals surface area contributed by atoms with Crippen LogP contribution >= 0.6 is 11.8 Å². The number of amides is 1. The zero-order valence-corrected chi connectivity index (χ0v) is 15.8. The fourth-order valence-electron chi connectivity index (χ4n) is 2.29. The van der Waals surface area contributed by atoms with Crippen molar-refractivity contribution in [3.63, 3.8) is 0 Å². The molecule has 0 fully saturated rings. The van der Waals surface area contributed by atoms with Crippen molar-refractivity contribution in [2.75, 3.05) is 20.0 Å². The fourth-order valence-corrected chi connectivity index (χ4v) is 3.00. The van der Waals surface area contributed by atoms with Crippen LogP contribution in [0.1, 0.15) is 22.8 Å². The van der Waals surface area contributed by atoms with Crippen LogP contribution < -0.4 is 10.1 Å². The third-order valence-electron chi connectivity index (χ3n) is 3.54. The molecule has 0 bridgehead atoms. The summed E-state index contributed by atoms with van der Waals surface area (Å²) in [4.78, 5) is 25.6. The summed E-state index contributed by atoms with van der Waals surface area (Å²) < 4.78 is 10.3. The van der Waals surface area contributed by atoms with Crippen molar-refractivity contribution in [1.29, 1.82) is 0 Å². The molecule has 0 saturated heterocycles. The maximum atomic E-state index is 12.5. The van der Waals surface area contributed by atoms with Gasteiger partial charge in [-0.1, -0.05) is 30.3 Å². The Bertz CT molecular complexity index is 785. The summed E-state index contributed by atoms with van der Waals surface area (Å²) >= 11 is 1.36. The van der Waals surface area contributed by atoms with Crippen LogP contribution in [0.4, 0.5) is 0 Å². The lowest BCUT2D eigenvalue weighted by Gasteiger charge is -2.15. The summed E-state index contributed by atoms with van der Waals surface area (Å²) in [6, 6.07) is 16.0. The van der Waals surface area contributed by atoms with E-state index in [0.29, 0.717) is 16.2 Å². The molecule has 6 heteroatoms. The van der Waals surface area contributed by atoms with Crippen molar-refractivity contribution in [3.05, 3.63) is 71.4 Å². The number of thioether (sulfide) groups is 1. The molecule has 5 nitrogen and oxygen atoms in total. The molecule has 0 spiro atoms. The van der Waals surface area contributed by atoms with Crippen molar-refractivity contribution in [2.24, 2.45) is 0 Å². The third-order valence-corrected chi connectivity index (χ3v) is 4.39. The highest BCUT2D eigenvalue weighted by Gasteiger charge is 2.21. The van der Waals surface area contributed by atoms with E-state index in [1.54, 1.807) is 50.4 Å².